The van der Waals surface area contributed by atoms with Crippen LogP contribution in [0, 0.1) is 5.92 Å². The second-order valence-electron chi connectivity index (χ2n) is 7.21. The first-order chi connectivity index (χ1) is 13.3. The summed E-state index contributed by atoms with van der Waals surface area (Å²) >= 11 is 0. The zero-order chi connectivity index (χ0) is 18.2. The Hall–Kier alpha value is -2.80. The second kappa shape index (κ2) is 6.74. The molecular formula is C20H21N5O2. The van der Waals surface area contributed by atoms with Crippen molar-refractivity contribution in [2.24, 2.45) is 5.92 Å². The van der Waals surface area contributed by atoms with Crippen LogP contribution in [0.4, 0.5) is 5.69 Å². The van der Waals surface area contributed by atoms with Crippen molar-refractivity contribution in [2.45, 2.75) is 32.1 Å². The average molecular weight is 363 g/mol. The van der Waals surface area contributed by atoms with Gasteiger partial charge in [0.1, 0.15) is 0 Å². The van der Waals surface area contributed by atoms with Crippen molar-refractivity contribution >= 4 is 17.4 Å². The lowest BCUT2D eigenvalue weighted by molar-refractivity contribution is -0.119. The van der Waals surface area contributed by atoms with Gasteiger partial charge < -0.3 is 10.1 Å². The molecule has 7 heteroatoms. The van der Waals surface area contributed by atoms with Gasteiger partial charge in [0.2, 0.25) is 5.91 Å². The number of imidazole rings is 1. The van der Waals surface area contributed by atoms with Gasteiger partial charge in [0, 0.05) is 17.9 Å². The van der Waals surface area contributed by atoms with Crippen LogP contribution in [0.5, 0.6) is 0 Å². The molecule has 1 unspecified atom stereocenters. The molecule has 1 saturated heterocycles. The molecule has 2 aromatic heterocycles. The summed E-state index contributed by atoms with van der Waals surface area (Å²) in [4.78, 5) is 21.5. The second-order valence-corrected chi connectivity index (χ2v) is 7.21. The molecule has 1 aromatic carbocycles. The molecule has 0 radical (unpaired) electrons. The zero-order valence-corrected chi connectivity index (χ0v) is 15.0. The van der Waals surface area contributed by atoms with E-state index in [1.54, 1.807) is 4.52 Å². The third kappa shape index (κ3) is 3.19. The first-order valence-corrected chi connectivity index (χ1v) is 9.50. The van der Waals surface area contributed by atoms with Gasteiger partial charge in [-0.2, -0.15) is 5.10 Å². The Kier molecular flexibility index (Phi) is 4.09. The molecule has 0 bridgehead atoms. The smallest absolute Gasteiger partial charge is 0.251 e. The molecule has 3 aromatic rings. The fourth-order valence-electron chi connectivity index (χ4n) is 3.71. The Morgan fingerprint density at radius 2 is 1.93 bits per heavy atom. The largest absolute Gasteiger partial charge is 0.381 e. The highest BCUT2D eigenvalue weighted by Crippen LogP contribution is 2.23. The number of ether oxygens (including phenoxy) is 1. The summed E-state index contributed by atoms with van der Waals surface area (Å²) in [5, 5.41) is 7.64. The number of aryl methyl sites for hydroxylation is 2. The number of carbonyl (C=O) groups excluding carboxylic acids is 1. The Bertz CT molecular complexity index is 947. The van der Waals surface area contributed by atoms with Crippen LogP contribution in [-0.2, 0) is 22.4 Å². The highest BCUT2D eigenvalue weighted by molar-refractivity contribution is 5.93. The van der Waals surface area contributed by atoms with Crippen LogP contribution in [0.2, 0.25) is 0 Å². The number of hydrogen-bond donors (Lipinski definition) is 1. The van der Waals surface area contributed by atoms with Gasteiger partial charge in [-0.1, -0.05) is 12.1 Å². The number of hydrogen-bond acceptors (Lipinski definition) is 5. The van der Waals surface area contributed by atoms with E-state index in [4.69, 9.17) is 4.74 Å². The number of nitrogens with one attached hydrogen (secondary N) is 1. The molecule has 1 fully saturated rings. The summed E-state index contributed by atoms with van der Waals surface area (Å²) in [6, 6.07) is 7.72. The zero-order valence-electron chi connectivity index (χ0n) is 15.0. The van der Waals surface area contributed by atoms with E-state index in [9.17, 15) is 4.79 Å². The lowest BCUT2D eigenvalue weighted by atomic mass is 10.0. The van der Waals surface area contributed by atoms with Gasteiger partial charge in [-0.05, 0) is 44.2 Å². The number of fused-ring (bicyclic) bond motifs is 2. The molecule has 0 saturated carbocycles. The molecule has 1 aliphatic heterocycles. The number of anilines is 1. The molecule has 3 heterocycles. The lowest BCUT2D eigenvalue weighted by Gasteiger charge is -2.12. The number of amides is 1. The molecule has 0 spiro atoms. The van der Waals surface area contributed by atoms with Crippen LogP contribution in [-0.4, -0.2) is 38.7 Å². The van der Waals surface area contributed by atoms with Gasteiger partial charge in [0.15, 0.2) is 0 Å². The van der Waals surface area contributed by atoms with E-state index in [2.05, 4.69) is 20.4 Å². The summed E-state index contributed by atoms with van der Waals surface area (Å²) in [6.07, 6.45) is 7.03. The van der Waals surface area contributed by atoms with Crippen LogP contribution in [0.25, 0.3) is 17.0 Å². The molecule has 1 aliphatic carbocycles. The Morgan fingerprint density at radius 3 is 2.70 bits per heavy atom. The minimum Gasteiger partial charge on any atom is -0.381 e. The first kappa shape index (κ1) is 16.4. The van der Waals surface area contributed by atoms with Crippen molar-refractivity contribution in [1.29, 1.82) is 0 Å². The van der Waals surface area contributed by atoms with Crippen molar-refractivity contribution in [2.75, 3.05) is 18.5 Å². The fraction of sp³-hybridized carbons (Fsp3) is 0.400. The number of benzene rings is 1. The first-order valence-electron chi connectivity index (χ1n) is 9.50. The lowest BCUT2D eigenvalue weighted by Crippen LogP contribution is -2.22. The van der Waals surface area contributed by atoms with E-state index in [1.165, 1.54) is 12.8 Å². The van der Waals surface area contributed by atoms with Crippen LogP contribution in [0.1, 0.15) is 30.7 Å². The van der Waals surface area contributed by atoms with Crippen LogP contribution < -0.4 is 5.32 Å². The van der Waals surface area contributed by atoms with E-state index in [0.717, 1.165) is 47.6 Å². The van der Waals surface area contributed by atoms with Crippen molar-refractivity contribution in [3.63, 3.8) is 0 Å². The number of rotatable bonds is 3. The predicted molar refractivity (Wildman–Crippen MR) is 100 cm³/mol. The van der Waals surface area contributed by atoms with Gasteiger partial charge in [0.05, 0.1) is 35.8 Å². The molecule has 1 amide bonds. The summed E-state index contributed by atoms with van der Waals surface area (Å²) in [7, 11) is 0. The SMILES string of the molecule is O=C(Nc1ccc(-c2cn3nc4c(nc3n2)CCCC4)cc1)C1CCOC1. The van der Waals surface area contributed by atoms with Crippen LogP contribution in [0.15, 0.2) is 30.5 Å². The average Bonchev–Trinajstić information content (AvgIpc) is 3.36. The van der Waals surface area contributed by atoms with E-state index in [0.29, 0.717) is 19.0 Å². The third-order valence-electron chi connectivity index (χ3n) is 5.29. The van der Waals surface area contributed by atoms with E-state index >= 15 is 0 Å². The quantitative estimate of drug-likeness (QED) is 0.774. The van der Waals surface area contributed by atoms with E-state index in [1.807, 2.05) is 30.5 Å². The summed E-state index contributed by atoms with van der Waals surface area (Å²) < 4.78 is 7.05. The summed E-state index contributed by atoms with van der Waals surface area (Å²) in [5.41, 5.74) is 4.76. The Labute approximate surface area is 156 Å². The Morgan fingerprint density at radius 1 is 1.11 bits per heavy atom. The Balaban J connectivity index is 1.37. The van der Waals surface area contributed by atoms with Gasteiger partial charge in [0.25, 0.3) is 5.78 Å². The van der Waals surface area contributed by atoms with Crippen LogP contribution >= 0.6 is 0 Å². The molecular weight excluding hydrogens is 342 g/mol. The monoisotopic (exact) mass is 363 g/mol. The molecule has 2 aliphatic rings. The van der Waals surface area contributed by atoms with Crippen LogP contribution in [0.3, 0.4) is 0 Å². The third-order valence-corrected chi connectivity index (χ3v) is 5.29. The van der Waals surface area contributed by atoms with Crippen molar-refractivity contribution in [1.82, 2.24) is 19.6 Å². The molecule has 138 valence electrons. The standard InChI is InChI=1S/C20H21N5O2/c26-19(14-9-10-27-12-14)21-15-7-5-13(6-8-15)18-11-25-20(23-18)22-16-3-1-2-4-17(16)24-25/h5-8,11,14H,1-4,9-10,12H2,(H,21,26). The van der Waals surface area contributed by atoms with Crippen molar-refractivity contribution in [3.05, 3.63) is 41.9 Å². The summed E-state index contributed by atoms with van der Waals surface area (Å²) in [6.45, 7) is 1.17. The molecule has 7 nitrogen and oxygen atoms in total. The molecule has 5 rings (SSSR count). The van der Waals surface area contributed by atoms with Crippen molar-refractivity contribution in [3.8, 4) is 11.3 Å². The van der Waals surface area contributed by atoms with Gasteiger partial charge in [-0.3, -0.25) is 4.79 Å². The highest BCUT2D eigenvalue weighted by atomic mass is 16.5. The highest BCUT2D eigenvalue weighted by Gasteiger charge is 2.23. The maximum Gasteiger partial charge on any atom is 0.251 e. The summed E-state index contributed by atoms with van der Waals surface area (Å²) in [5.74, 6) is 0.613. The predicted octanol–water partition coefficient (Wildman–Crippen LogP) is 2.65. The topological polar surface area (TPSA) is 81.4 Å². The molecule has 1 N–H and O–H groups in total. The number of nitrogens with zero attached hydrogens (tertiary/aromatic N) is 4. The van der Waals surface area contributed by atoms with Gasteiger partial charge in [-0.25, -0.2) is 14.5 Å². The maximum atomic E-state index is 12.2. The fourth-order valence-corrected chi connectivity index (χ4v) is 3.71. The minimum absolute atomic E-state index is 0.0203. The van der Waals surface area contributed by atoms with E-state index < -0.39 is 0 Å². The van der Waals surface area contributed by atoms with Gasteiger partial charge >= 0.3 is 0 Å². The minimum atomic E-state index is -0.0497. The normalized spacial score (nSPS) is 19.2. The van der Waals surface area contributed by atoms with Crippen molar-refractivity contribution < 1.29 is 9.53 Å². The number of aromatic nitrogens is 4. The number of carbonyl (C=O) groups is 1. The van der Waals surface area contributed by atoms with E-state index in [-0.39, 0.29) is 11.8 Å². The maximum absolute atomic E-state index is 12.2. The molecule has 27 heavy (non-hydrogen) atoms. The molecule has 1 atom stereocenters. The van der Waals surface area contributed by atoms with Gasteiger partial charge in [-0.15, -0.1) is 0 Å².